The Bertz CT molecular complexity index is 226. The molecule has 0 saturated carbocycles. The minimum absolute atomic E-state index is 0.527. The number of hydrogen-bond donors (Lipinski definition) is 0. The van der Waals surface area contributed by atoms with Crippen LogP contribution in [0.15, 0.2) is 0 Å². The molecule has 20 heavy (non-hydrogen) atoms. The van der Waals surface area contributed by atoms with Crippen molar-refractivity contribution in [3.63, 3.8) is 0 Å². The molecule has 0 nitrogen and oxygen atoms in total. The van der Waals surface area contributed by atoms with Gasteiger partial charge >= 0.3 is 0 Å². The van der Waals surface area contributed by atoms with Crippen LogP contribution in [0.1, 0.15) is 100 Å². The van der Waals surface area contributed by atoms with Gasteiger partial charge in [0.25, 0.3) is 0 Å². The van der Waals surface area contributed by atoms with Crippen molar-refractivity contribution in [3.8, 4) is 0 Å². The van der Waals surface area contributed by atoms with Crippen LogP contribution in [0.25, 0.3) is 0 Å². The van der Waals surface area contributed by atoms with Crippen LogP contribution in [0.3, 0.4) is 0 Å². The van der Waals surface area contributed by atoms with Gasteiger partial charge in [0.2, 0.25) is 0 Å². The van der Waals surface area contributed by atoms with E-state index in [1.54, 1.807) is 0 Å². The van der Waals surface area contributed by atoms with Crippen LogP contribution >= 0.6 is 0 Å². The van der Waals surface area contributed by atoms with Crippen LogP contribution in [0.5, 0.6) is 0 Å². The van der Waals surface area contributed by atoms with Crippen LogP contribution in [0, 0.1) is 29.1 Å². The first-order valence-electron chi connectivity index (χ1n) is 9.27. The highest BCUT2D eigenvalue weighted by molar-refractivity contribution is 4.76. The van der Waals surface area contributed by atoms with E-state index in [9.17, 15) is 0 Å². The summed E-state index contributed by atoms with van der Waals surface area (Å²) in [6, 6.07) is 0. The second kappa shape index (κ2) is 9.85. The maximum absolute atomic E-state index is 2.49. The van der Waals surface area contributed by atoms with Gasteiger partial charge in [-0.25, -0.2) is 0 Å². The summed E-state index contributed by atoms with van der Waals surface area (Å²) in [5, 5.41) is 0. The molecule has 0 rings (SSSR count). The highest BCUT2D eigenvalue weighted by atomic mass is 14.3. The smallest absolute Gasteiger partial charge is 0.0351 e. The Kier molecular flexibility index (Phi) is 9.85. The quantitative estimate of drug-likeness (QED) is 0.372. The predicted molar refractivity (Wildman–Crippen MR) is 94.1 cm³/mol. The van der Waals surface area contributed by atoms with Crippen LogP contribution in [-0.2, 0) is 0 Å². The largest absolute Gasteiger partial charge is 0.0651 e. The second-order valence-electron chi connectivity index (χ2n) is 8.23. The summed E-state index contributed by atoms with van der Waals surface area (Å²) in [4.78, 5) is 0. The van der Waals surface area contributed by atoms with Gasteiger partial charge in [-0.15, -0.1) is 0 Å². The minimum Gasteiger partial charge on any atom is -0.0651 e. The third-order valence-electron chi connectivity index (χ3n) is 5.68. The molecule has 0 N–H and O–H groups in total. The van der Waals surface area contributed by atoms with Crippen molar-refractivity contribution in [1.82, 2.24) is 0 Å². The van der Waals surface area contributed by atoms with Gasteiger partial charge in [-0.3, -0.25) is 0 Å². The Morgan fingerprint density at radius 2 is 1.35 bits per heavy atom. The molecule has 0 aliphatic carbocycles. The van der Waals surface area contributed by atoms with Gasteiger partial charge in [0.1, 0.15) is 0 Å². The van der Waals surface area contributed by atoms with Gasteiger partial charge in [0, 0.05) is 0 Å². The lowest BCUT2D eigenvalue weighted by molar-refractivity contribution is 0.184. The van der Waals surface area contributed by atoms with Crippen LogP contribution in [0.2, 0.25) is 0 Å². The Balaban J connectivity index is 4.23. The van der Waals surface area contributed by atoms with Crippen molar-refractivity contribution in [2.24, 2.45) is 29.1 Å². The molecule has 3 unspecified atom stereocenters. The normalized spacial score (nSPS) is 17.2. The van der Waals surface area contributed by atoms with E-state index in [1.165, 1.54) is 44.9 Å². The fraction of sp³-hybridized carbons (Fsp3) is 1.00. The summed E-state index contributed by atoms with van der Waals surface area (Å²) < 4.78 is 0. The van der Waals surface area contributed by atoms with Crippen molar-refractivity contribution < 1.29 is 0 Å². The molecule has 0 amide bonds. The average Bonchev–Trinajstić information content (AvgIpc) is 2.39. The topological polar surface area (TPSA) is 0 Å². The lowest BCUT2D eigenvalue weighted by Gasteiger charge is -2.33. The SMILES string of the molecule is CCC(C)C(CC)CC(C)(C)CCCC(CC)C(C)C. The number of rotatable bonds is 11. The molecule has 0 radical (unpaired) electrons. The maximum atomic E-state index is 2.49. The third-order valence-corrected chi connectivity index (χ3v) is 5.68. The van der Waals surface area contributed by atoms with E-state index in [4.69, 9.17) is 0 Å². The Morgan fingerprint density at radius 1 is 0.800 bits per heavy atom. The fourth-order valence-electron chi connectivity index (χ4n) is 3.74. The standard InChI is InChI=1S/C20H42/c1-9-17(6)19(11-3)15-20(7,8)14-12-13-18(10-2)16(4)5/h16-19H,9-15H2,1-8H3. The lowest BCUT2D eigenvalue weighted by atomic mass is 9.73. The van der Waals surface area contributed by atoms with E-state index in [0.29, 0.717) is 5.41 Å². The highest BCUT2D eigenvalue weighted by Crippen LogP contribution is 2.37. The summed E-state index contributed by atoms with van der Waals surface area (Å²) in [7, 11) is 0. The molecule has 3 atom stereocenters. The summed E-state index contributed by atoms with van der Waals surface area (Å²) in [6.07, 6.45) is 9.70. The van der Waals surface area contributed by atoms with Crippen molar-refractivity contribution in [2.45, 2.75) is 100 Å². The molecule has 0 aromatic heterocycles. The molecular weight excluding hydrogens is 240 g/mol. The Labute approximate surface area is 130 Å². The molecule has 0 aromatic rings. The van der Waals surface area contributed by atoms with E-state index in [0.717, 1.165) is 23.7 Å². The van der Waals surface area contributed by atoms with E-state index in [-0.39, 0.29) is 0 Å². The van der Waals surface area contributed by atoms with Gasteiger partial charge < -0.3 is 0 Å². The summed E-state index contributed by atoms with van der Waals surface area (Å²) in [6.45, 7) is 19.3. The van der Waals surface area contributed by atoms with Crippen LogP contribution in [-0.4, -0.2) is 0 Å². The molecule has 0 aromatic carbocycles. The van der Waals surface area contributed by atoms with Gasteiger partial charge in [0.15, 0.2) is 0 Å². The second-order valence-corrected chi connectivity index (χ2v) is 8.23. The zero-order valence-corrected chi connectivity index (χ0v) is 15.8. The van der Waals surface area contributed by atoms with Gasteiger partial charge in [0.05, 0.1) is 0 Å². The zero-order valence-electron chi connectivity index (χ0n) is 15.8. The maximum Gasteiger partial charge on any atom is -0.0351 e. The highest BCUT2D eigenvalue weighted by Gasteiger charge is 2.25. The van der Waals surface area contributed by atoms with E-state index >= 15 is 0 Å². The van der Waals surface area contributed by atoms with Crippen molar-refractivity contribution in [2.75, 3.05) is 0 Å². The number of hydrogen-bond acceptors (Lipinski definition) is 0. The first-order valence-corrected chi connectivity index (χ1v) is 9.27. The van der Waals surface area contributed by atoms with Gasteiger partial charge in [-0.05, 0) is 41.9 Å². The van der Waals surface area contributed by atoms with Crippen LogP contribution in [0.4, 0.5) is 0 Å². The molecular formula is C20H42. The molecule has 0 fully saturated rings. The molecule has 122 valence electrons. The summed E-state index contributed by atoms with van der Waals surface area (Å²) >= 11 is 0. The minimum atomic E-state index is 0.527. The molecule has 0 bridgehead atoms. The average molecular weight is 283 g/mol. The fourth-order valence-corrected chi connectivity index (χ4v) is 3.74. The molecule has 0 aliphatic rings. The monoisotopic (exact) mass is 282 g/mol. The van der Waals surface area contributed by atoms with E-state index in [1.807, 2.05) is 0 Å². The Morgan fingerprint density at radius 3 is 1.75 bits per heavy atom. The third kappa shape index (κ3) is 7.70. The zero-order chi connectivity index (χ0) is 15.8. The molecule has 0 heteroatoms. The first-order chi connectivity index (χ1) is 9.27. The summed E-state index contributed by atoms with van der Waals surface area (Å²) in [5.41, 5.74) is 0.527. The van der Waals surface area contributed by atoms with Crippen LogP contribution < -0.4 is 0 Å². The van der Waals surface area contributed by atoms with Crippen molar-refractivity contribution >= 4 is 0 Å². The van der Waals surface area contributed by atoms with E-state index < -0.39 is 0 Å². The molecule has 0 spiro atoms. The van der Waals surface area contributed by atoms with E-state index in [2.05, 4.69) is 55.4 Å². The van der Waals surface area contributed by atoms with Crippen molar-refractivity contribution in [3.05, 3.63) is 0 Å². The summed E-state index contributed by atoms with van der Waals surface area (Å²) in [5.74, 6) is 3.59. The molecule has 0 heterocycles. The van der Waals surface area contributed by atoms with Crippen molar-refractivity contribution in [1.29, 1.82) is 0 Å². The molecule has 0 saturated heterocycles. The van der Waals surface area contributed by atoms with Gasteiger partial charge in [-0.2, -0.15) is 0 Å². The lowest BCUT2D eigenvalue weighted by Crippen LogP contribution is -2.21. The molecule has 0 aliphatic heterocycles. The Hall–Kier alpha value is 0. The first kappa shape index (κ1) is 20.0. The predicted octanol–water partition coefficient (Wildman–Crippen LogP) is 7.33. The van der Waals surface area contributed by atoms with Gasteiger partial charge in [-0.1, -0.05) is 87.5 Å².